The summed E-state index contributed by atoms with van der Waals surface area (Å²) in [6.45, 7) is 3.85. The number of likely N-dealkylation sites (N-methyl/N-ethyl adjacent to an activating group) is 1. The second-order valence-electron chi connectivity index (χ2n) is 7.73. The number of halogens is 1. The minimum absolute atomic E-state index is 0.218. The van der Waals surface area contributed by atoms with Gasteiger partial charge in [-0.3, -0.25) is 13.9 Å². The predicted octanol–water partition coefficient (Wildman–Crippen LogP) is 3.10. The molecule has 8 nitrogen and oxygen atoms in total. The zero-order chi connectivity index (χ0) is 25.3. The molecule has 1 N–H and O–H groups in total. The second kappa shape index (κ2) is 12.6. The van der Waals surface area contributed by atoms with Gasteiger partial charge in [0.05, 0.1) is 24.1 Å². The normalized spacial score (nSPS) is 12.0. The van der Waals surface area contributed by atoms with Crippen molar-refractivity contribution in [2.24, 2.45) is 0 Å². The summed E-state index contributed by atoms with van der Waals surface area (Å²) in [4.78, 5) is 27.7. The van der Waals surface area contributed by atoms with Gasteiger partial charge in [0, 0.05) is 13.1 Å². The van der Waals surface area contributed by atoms with E-state index >= 15 is 0 Å². The van der Waals surface area contributed by atoms with E-state index in [1.807, 2.05) is 37.3 Å². The van der Waals surface area contributed by atoms with Gasteiger partial charge in [-0.1, -0.05) is 48.9 Å². The van der Waals surface area contributed by atoms with Crippen molar-refractivity contribution in [1.29, 1.82) is 0 Å². The molecule has 186 valence electrons. The van der Waals surface area contributed by atoms with Gasteiger partial charge in [0.2, 0.25) is 21.8 Å². The number of hydrogen-bond donors (Lipinski definition) is 1. The van der Waals surface area contributed by atoms with E-state index in [1.165, 1.54) is 30.2 Å². The number of rotatable bonds is 12. The Morgan fingerprint density at radius 1 is 1.12 bits per heavy atom. The van der Waals surface area contributed by atoms with E-state index in [4.69, 9.17) is 16.3 Å². The quantitative estimate of drug-likeness (QED) is 0.474. The van der Waals surface area contributed by atoms with Gasteiger partial charge in [0.15, 0.2) is 0 Å². The summed E-state index contributed by atoms with van der Waals surface area (Å²) in [7, 11) is -2.37. The predicted molar refractivity (Wildman–Crippen MR) is 135 cm³/mol. The van der Waals surface area contributed by atoms with E-state index in [0.717, 1.165) is 16.1 Å². The Kier molecular flexibility index (Phi) is 10.2. The van der Waals surface area contributed by atoms with Crippen molar-refractivity contribution < 1.29 is 22.7 Å². The van der Waals surface area contributed by atoms with E-state index in [2.05, 4.69) is 5.32 Å². The molecule has 0 spiro atoms. The number of nitrogens with one attached hydrogen (secondary N) is 1. The van der Waals surface area contributed by atoms with Gasteiger partial charge in [-0.25, -0.2) is 8.42 Å². The lowest BCUT2D eigenvalue weighted by atomic mass is 10.1. The van der Waals surface area contributed by atoms with Crippen LogP contribution in [0.1, 0.15) is 25.8 Å². The Bertz CT molecular complexity index is 1080. The number of carbonyl (C=O) groups excluding carboxylic acids is 2. The van der Waals surface area contributed by atoms with Gasteiger partial charge >= 0.3 is 0 Å². The van der Waals surface area contributed by atoms with E-state index in [0.29, 0.717) is 25.1 Å². The number of ether oxygens (including phenoxy) is 1. The van der Waals surface area contributed by atoms with Crippen molar-refractivity contribution in [2.75, 3.05) is 37.3 Å². The highest BCUT2D eigenvalue weighted by molar-refractivity contribution is 7.92. The van der Waals surface area contributed by atoms with Crippen LogP contribution < -0.4 is 14.4 Å². The topological polar surface area (TPSA) is 96.0 Å². The first-order valence-electron chi connectivity index (χ1n) is 11.0. The molecule has 2 amide bonds. The number of anilines is 1. The summed E-state index contributed by atoms with van der Waals surface area (Å²) in [5.74, 6) is -0.367. The van der Waals surface area contributed by atoms with Crippen LogP contribution in [0.25, 0.3) is 0 Å². The van der Waals surface area contributed by atoms with E-state index in [9.17, 15) is 18.0 Å². The Hall–Kier alpha value is -2.78. The summed E-state index contributed by atoms with van der Waals surface area (Å²) >= 11 is 6.19. The third-order valence-electron chi connectivity index (χ3n) is 5.32. The van der Waals surface area contributed by atoms with Crippen LogP contribution in [0.2, 0.25) is 5.02 Å². The van der Waals surface area contributed by atoms with Crippen molar-refractivity contribution in [3.05, 3.63) is 59.1 Å². The summed E-state index contributed by atoms with van der Waals surface area (Å²) < 4.78 is 31.3. The van der Waals surface area contributed by atoms with Crippen LogP contribution in [0.15, 0.2) is 48.5 Å². The highest BCUT2D eigenvalue weighted by Gasteiger charge is 2.31. The maximum atomic E-state index is 13.5. The largest absolute Gasteiger partial charge is 0.495 e. The number of methoxy groups -OCH3 is 1. The molecule has 0 saturated carbocycles. The summed E-state index contributed by atoms with van der Waals surface area (Å²) in [6, 6.07) is 13.4. The van der Waals surface area contributed by atoms with Crippen LogP contribution in [0.3, 0.4) is 0 Å². The standard InChI is InChI=1S/C24H32ClN3O5S/c1-5-21(24(30)26-6-2)27(15-14-18-10-8-7-9-11-18)23(29)17-28(34(4,31)32)19-12-13-22(33-3)20(25)16-19/h7-13,16,21H,5-6,14-15,17H2,1-4H3,(H,26,30)/t21-/m1/s1. The van der Waals surface area contributed by atoms with E-state index < -0.39 is 28.5 Å². The molecule has 0 aliphatic heterocycles. The Labute approximate surface area is 206 Å². The van der Waals surface area contributed by atoms with Crippen LogP contribution in [-0.2, 0) is 26.0 Å². The van der Waals surface area contributed by atoms with Gasteiger partial charge < -0.3 is 15.0 Å². The highest BCUT2D eigenvalue weighted by Crippen LogP contribution is 2.30. The number of sulfonamides is 1. The van der Waals surface area contributed by atoms with Gasteiger partial charge in [0.1, 0.15) is 18.3 Å². The average molecular weight is 510 g/mol. The molecule has 1 atom stereocenters. The number of hydrogen-bond acceptors (Lipinski definition) is 5. The lowest BCUT2D eigenvalue weighted by Gasteiger charge is -2.32. The van der Waals surface area contributed by atoms with E-state index in [-0.39, 0.29) is 23.2 Å². The summed E-state index contributed by atoms with van der Waals surface area (Å²) in [6.07, 6.45) is 1.93. The van der Waals surface area contributed by atoms with Crippen molar-refractivity contribution in [1.82, 2.24) is 10.2 Å². The molecule has 0 bridgehead atoms. The van der Waals surface area contributed by atoms with Gasteiger partial charge in [-0.15, -0.1) is 0 Å². The minimum Gasteiger partial charge on any atom is -0.495 e. The smallest absolute Gasteiger partial charge is 0.244 e. The molecular weight excluding hydrogens is 478 g/mol. The third kappa shape index (κ3) is 7.36. The van der Waals surface area contributed by atoms with Crippen LogP contribution >= 0.6 is 11.6 Å². The lowest BCUT2D eigenvalue weighted by molar-refractivity contribution is -0.139. The van der Waals surface area contributed by atoms with Crippen molar-refractivity contribution in [2.45, 2.75) is 32.7 Å². The molecule has 0 saturated heterocycles. The fraction of sp³-hybridized carbons (Fsp3) is 0.417. The monoisotopic (exact) mass is 509 g/mol. The maximum Gasteiger partial charge on any atom is 0.244 e. The maximum absolute atomic E-state index is 13.5. The first kappa shape index (κ1) is 27.5. The molecule has 2 aromatic carbocycles. The van der Waals surface area contributed by atoms with E-state index in [1.54, 1.807) is 6.92 Å². The molecule has 34 heavy (non-hydrogen) atoms. The molecule has 2 aromatic rings. The van der Waals surface area contributed by atoms with Crippen molar-refractivity contribution >= 4 is 39.1 Å². The average Bonchev–Trinajstić information content (AvgIpc) is 2.80. The highest BCUT2D eigenvalue weighted by atomic mass is 35.5. The SMILES string of the molecule is CCNC(=O)[C@@H](CC)N(CCc1ccccc1)C(=O)CN(c1ccc(OC)c(Cl)c1)S(C)(=O)=O. The molecule has 0 aliphatic carbocycles. The fourth-order valence-electron chi connectivity index (χ4n) is 3.61. The third-order valence-corrected chi connectivity index (χ3v) is 6.76. The molecule has 0 heterocycles. The van der Waals surface area contributed by atoms with Gasteiger partial charge in [-0.2, -0.15) is 0 Å². The second-order valence-corrected chi connectivity index (χ2v) is 10.0. The molecule has 0 aromatic heterocycles. The number of amides is 2. The molecular formula is C24H32ClN3O5S. The lowest BCUT2D eigenvalue weighted by Crippen LogP contribution is -2.53. The van der Waals surface area contributed by atoms with Crippen molar-refractivity contribution in [3.63, 3.8) is 0 Å². The van der Waals surface area contributed by atoms with Crippen LogP contribution in [0, 0.1) is 0 Å². The van der Waals surface area contributed by atoms with Crippen LogP contribution in [0.5, 0.6) is 5.75 Å². The molecule has 0 radical (unpaired) electrons. The molecule has 0 unspecified atom stereocenters. The van der Waals surface area contributed by atoms with Crippen molar-refractivity contribution in [3.8, 4) is 5.75 Å². The Morgan fingerprint density at radius 2 is 1.79 bits per heavy atom. The van der Waals surface area contributed by atoms with Gasteiger partial charge in [0.25, 0.3) is 0 Å². The number of carbonyl (C=O) groups is 2. The summed E-state index contributed by atoms with van der Waals surface area (Å²) in [5.41, 5.74) is 1.24. The Balaban J connectivity index is 2.37. The molecule has 10 heteroatoms. The Morgan fingerprint density at radius 3 is 2.32 bits per heavy atom. The minimum atomic E-state index is -3.83. The zero-order valence-electron chi connectivity index (χ0n) is 20.0. The molecule has 2 rings (SSSR count). The van der Waals surface area contributed by atoms with Crippen LogP contribution in [-0.4, -0.2) is 64.2 Å². The fourth-order valence-corrected chi connectivity index (χ4v) is 4.71. The zero-order valence-corrected chi connectivity index (χ0v) is 21.5. The molecule has 0 fully saturated rings. The van der Waals surface area contributed by atoms with Gasteiger partial charge in [-0.05, 0) is 43.5 Å². The number of nitrogens with zero attached hydrogens (tertiary/aromatic N) is 2. The number of benzene rings is 2. The summed E-state index contributed by atoms with van der Waals surface area (Å²) in [5, 5.41) is 2.99. The van der Waals surface area contributed by atoms with Crippen LogP contribution in [0.4, 0.5) is 5.69 Å². The first-order chi connectivity index (χ1) is 16.1. The first-order valence-corrected chi connectivity index (χ1v) is 13.3. The molecule has 0 aliphatic rings.